The Kier molecular flexibility index (Phi) is 10.7. The minimum Gasteiger partial charge on any atom is -0.506 e. The van der Waals surface area contributed by atoms with E-state index in [4.69, 9.17) is 18.9 Å². The third kappa shape index (κ3) is 6.38. The molecule has 284 valence electrons. The Labute approximate surface area is 320 Å². The number of phenolic OH excluding ortho intramolecular Hbond substituents is 1. The molecule has 0 saturated carbocycles. The van der Waals surface area contributed by atoms with Gasteiger partial charge in [0, 0.05) is 5.57 Å². The fourth-order valence-corrected chi connectivity index (χ4v) is 7.55. The number of carbonyl (C=O) groups is 5. The summed E-state index contributed by atoms with van der Waals surface area (Å²) in [5.74, 6) is -4.74. The molecule has 3 aromatic rings. The number of carboxylic acid groups (broad SMARTS) is 1. The first-order valence-electron chi connectivity index (χ1n) is 17.1. The first-order chi connectivity index (χ1) is 25.2. The van der Waals surface area contributed by atoms with E-state index in [9.17, 15) is 39.3 Å². The number of aliphatic hydroxyl groups is 1. The molecule has 0 fully saturated rings. The number of halogens is 1. The fraction of sp³-hybridized carbons (Fsp3) is 0.341. The average Bonchev–Trinajstić information content (AvgIpc) is 3.11. The summed E-state index contributed by atoms with van der Waals surface area (Å²) in [5.41, 5.74) is 1.86. The lowest BCUT2D eigenvalue weighted by atomic mass is 9.81. The molecule has 1 unspecified atom stereocenters. The minimum absolute atomic E-state index is 0.0122. The number of phenols is 1. The lowest BCUT2D eigenvalue weighted by Crippen LogP contribution is -2.49. The predicted molar refractivity (Wildman–Crippen MR) is 200 cm³/mol. The van der Waals surface area contributed by atoms with Gasteiger partial charge < -0.3 is 34.3 Å². The molecule has 1 atom stereocenters. The number of hydrogen-bond donors (Lipinski definition) is 3. The van der Waals surface area contributed by atoms with Crippen molar-refractivity contribution < 1.29 is 58.2 Å². The van der Waals surface area contributed by atoms with Gasteiger partial charge in [0.2, 0.25) is 5.60 Å². The number of carbonyl (C=O) groups excluding carboxylic acids is 4. The van der Waals surface area contributed by atoms with Gasteiger partial charge in [-0.05, 0) is 166 Å². The zero-order valence-electron chi connectivity index (χ0n) is 31.7. The van der Waals surface area contributed by atoms with Crippen LogP contribution in [0.3, 0.4) is 0 Å². The molecule has 3 aromatic carbocycles. The van der Waals surface area contributed by atoms with E-state index in [1.165, 1.54) is 26.0 Å². The van der Waals surface area contributed by atoms with Gasteiger partial charge in [0.25, 0.3) is 0 Å². The Bertz CT molecular complexity index is 2240. The number of allylic oxidation sites excluding steroid dienone is 2. The van der Waals surface area contributed by atoms with Gasteiger partial charge in [0.05, 0.1) is 17.7 Å². The first kappa shape index (κ1) is 39.9. The minimum atomic E-state index is -2.39. The second-order valence-electron chi connectivity index (χ2n) is 13.8. The van der Waals surface area contributed by atoms with Gasteiger partial charge in [0.1, 0.15) is 27.3 Å². The van der Waals surface area contributed by atoms with Crippen LogP contribution in [0.4, 0.5) is 0 Å². The zero-order chi connectivity index (χ0) is 40.3. The molecule has 3 N–H and O–H groups in total. The summed E-state index contributed by atoms with van der Waals surface area (Å²) in [6, 6.07) is 1.51. The highest BCUT2D eigenvalue weighted by Crippen LogP contribution is 2.45. The van der Waals surface area contributed by atoms with Crippen LogP contribution in [0.1, 0.15) is 101 Å². The van der Waals surface area contributed by atoms with Gasteiger partial charge in [-0.2, -0.15) is 0 Å². The van der Waals surface area contributed by atoms with Crippen LogP contribution in [0.15, 0.2) is 33.5 Å². The Balaban J connectivity index is 1.44. The van der Waals surface area contributed by atoms with E-state index in [1.54, 1.807) is 55.4 Å². The monoisotopic (exact) mass is 804 g/mol. The molecule has 1 heterocycles. The van der Waals surface area contributed by atoms with Crippen LogP contribution in [-0.4, -0.2) is 57.2 Å². The standard InChI is InChI=1S/C41H41BrO12/c1-16-14-28(18(3)19(4)29(16)38(47)53-34-23(8)20(5)30(37(45)46)21(6)24(34)9)52-39(48)31-22(7)25(10)35(32(42)33(31)44)54-40(49)41(50)17(2)15-27(43)26-12-11-13-51-36(26)41/h14-15,44,50H,11-13H2,1-10H3,(H,45,46). The molecular weight excluding hydrogens is 764 g/mol. The van der Waals surface area contributed by atoms with E-state index in [0.29, 0.717) is 51.8 Å². The molecule has 1 aliphatic heterocycles. The maximum Gasteiger partial charge on any atom is 0.356 e. The van der Waals surface area contributed by atoms with Crippen LogP contribution in [0.25, 0.3) is 0 Å². The quantitative estimate of drug-likeness (QED) is 0.160. The van der Waals surface area contributed by atoms with Crippen molar-refractivity contribution in [2.75, 3.05) is 6.61 Å². The van der Waals surface area contributed by atoms with Crippen molar-refractivity contribution in [1.29, 1.82) is 0 Å². The van der Waals surface area contributed by atoms with Crippen molar-refractivity contribution in [3.63, 3.8) is 0 Å². The zero-order valence-corrected chi connectivity index (χ0v) is 33.3. The molecule has 0 amide bonds. The van der Waals surface area contributed by atoms with Gasteiger partial charge in [-0.3, -0.25) is 4.79 Å². The molecule has 0 saturated heterocycles. The number of benzene rings is 3. The predicted octanol–water partition coefficient (Wildman–Crippen LogP) is 7.30. The van der Waals surface area contributed by atoms with Crippen LogP contribution in [0, 0.1) is 62.3 Å². The smallest absolute Gasteiger partial charge is 0.356 e. The molecule has 12 nitrogen and oxygen atoms in total. The number of aromatic carboxylic acids is 1. The lowest BCUT2D eigenvalue weighted by molar-refractivity contribution is -0.152. The van der Waals surface area contributed by atoms with Crippen LogP contribution < -0.4 is 14.2 Å². The summed E-state index contributed by atoms with van der Waals surface area (Å²) in [6.45, 7) is 16.4. The van der Waals surface area contributed by atoms with E-state index >= 15 is 0 Å². The van der Waals surface area contributed by atoms with Gasteiger partial charge in [-0.15, -0.1) is 0 Å². The van der Waals surface area contributed by atoms with Gasteiger partial charge in [-0.1, -0.05) is 0 Å². The highest BCUT2D eigenvalue weighted by atomic mass is 79.9. The third-order valence-electron chi connectivity index (χ3n) is 10.7. The van der Waals surface area contributed by atoms with Crippen molar-refractivity contribution in [3.8, 4) is 23.0 Å². The Hall–Kier alpha value is -5.27. The Morgan fingerprint density at radius 3 is 1.87 bits per heavy atom. The number of carboxylic acids is 1. The number of aromatic hydroxyl groups is 1. The Morgan fingerprint density at radius 2 is 1.28 bits per heavy atom. The topological polar surface area (TPSA) is 183 Å². The van der Waals surface area contributed by atoms with Crippen molar-refractivity contribution in [2.45, 2.75) is 87.7 Å². The van der Waals surface area contributed by atoms with E-state index in [-0.39, 0.29) is 78.8 Å². The first-order valence-corrected chi connectivity index (χ1v) is 17.9. The van der Waals surface area contributed by atoms with E-state index in [0.717, 1.165) is 0 Å². The normalized spacial score (nSPS) is 16.7. The van der Waals surface area contributed by atoms with Crippen molar-refractivity contribution in [1.82, 2.24) is 0 Å². The lowest BCUT2D eigenvalue weighted by Gasteiger charge is -2.35. The van der Waals surface area contributed by atoms with Gasteiger partial charge in [0.15, 0.2) is 17.3 Å². The maximum absolute atomic E-state index is 13.7. The van der Waals surface area contributed by atoms with Gasteiger partial charge in [-0.25, -0.2) is 19.2 Å². The maximum atomic E-state index is 13.7. The second kappa shape index (κ2) is 14.5. The summed E-state index contributed by atoms with van der Waals surface area (Å²) in [5, 5.41) is 32.6. The summed E-state index contributed by atoms with van der Waals surface area (Å²) in [6.07, 6.45) is 2.03. The molecule has 54 heavy (non-hydrogen) atoms. The van der Waals surface area contributed by atoms with Crippen molar-refractivity contribution in [2.24, 2.45) is 0 Å². The van der Waals surface area contributed by atoms with Gasteiger partial charge >= 0.3 is 23.9 Å². The summed E-state index contributed by atoms with van der Waals surface area (Å²) in [7, 11) is 0. The molecule has 0 spiro atoms. The van der Waals surface area contributed by atoms with Crippen molar-refractivity contribution >= 4 is 45.6 Å². The van der Waals surface area contributed by atoms with E-state index < -0.39 is 35.2 Å². The number of ether oxygens (including phenoxy) is 4. The summed E-state index contributed by atoms with van der Waals surface area (Å²) < 4.78 is 22.8. The Morgan fingerprint density at radius 1 is 0.741 bits per heavy atom. The van der Waals surface area contributed by atoms with Crippen LogP contribution in [0.2, 0.25) is 0 Å². The van der Waals surface area contributed by atoms with E-state index in [1.807, 2.05) is 0 Å². The number of hydrogen-bond acceptors (Lipinski definition) is 11. The molecule has 13 heteroatoms. The summed E-state index contributed by atoms with van der Waals surface area (Å²) >= 11 is 3.24. The molecule has 0 bridgehead atoms. The molecule has 1 aliphatic carbocycles. The largest absolute Gasteiger partial charge is 0.506 e. The molecular formula is C41H41BrO12. The second-order valence-corrected chi connectivity index (χ2v) is 14.6. The number of ketones is 1. The highest BCUT2D eigenvalue weighted by molar-refractivity contribution is 9.10. The molecule has 2 aliphatic rings. The fourth-order valence-electron chi connectivity index (χ4n) is 6.97. The average molecular weight is 806 g/mol. The number of esters is 3. The highest BCUT2D eigenvalue weighted by Gasteiger charge is 2.51. The molecule has 0 radical (unpaired) electrons. The van der Waals surface area contributed by atoms with Crippen LogP contribution in [0.5, 0.6) is 23.0 Å². The van der Waals surface area contributed by atoms with Crippen LogP contribution >= 0.6 is 15.9 Å². The van der Waals surface area contributed by atoms with Crippen molar-refractivity contribution in [3.05, 3.63) is 100 Å². The van der Waals surface area contributed by atoms with Crippen LogP contribution in [-0.2, 0) is 14.3 Å². The third-order valence-corrected chi connectivity index (χ3v) is 11.4. The molecule has 0 aromatic heterocycles. The van der Waals surface area contributed by atoms with E-state index in [2.05, 4.69) is 15.9 Å². The number of rotatable bonds is 7. The summed E-state index contributed by atoms with van der Waals surface area (Å²) in [4.78, 5) is 65.5. The molecule has 5 rings (SSSR count). The number of aryl methyl sites for hydroxylation is 1. The SMILES string of the molecule is CC1=CC(=O)C2=C(OCCC2)C1(O)C(=O)Oc1c(C)c(C)c(C(=O)Oc2cc(C)c(C(=O)Oc3c(C)c(C)c(C(=O)O)c(C)c3C)c(C)c2C)c(O)c1Br.